The summed E-state index contributed by atoms with van der Waals surface area (Å²) in [5.74, 6) is -0.518. The summed E-state index contributed by atoms with van der Waals surface area (Å²) < 4.78 is 0. The van der Waals surface area contributed by atoms with Gasteiger partial charge in [0.15, 0.2) is 0 Å². The summed E-state index contributed by atoms with van der Waals surface area (Å²) in [4.78, 5) is 23.7. The van der Waals surface area contributed by atoms with Crippen LogP contribution in [0, 0.1) is 16.0 Å². The predicted octanol–water partition coefficient (Wildman–Crippen LogP) is 1.21. The summed E-state index contributed by atoms with van der Waals surface area (Å²) in [5.41, 5.74) is 5.83. The molecule has 120 valence electrons. The monoisotopic (exact) mass is 307 g/mol. The third-order valence-corrected chi connectivity index (χ3v) is 4.29. The lowest BCUT2D eigenvalue weighted by Gasteiger charge is -2.37. The SMILES string of the molecule is CC1CCC(C(N)=O)CN1CC(O)c1cccc([N+](=O)[O-])c1. The van der Waals surface area contributed by atoms with Gasteiger partial charge in [-0.2, -0.15) is 0 Å². The Hall–Kier alpha value is -1.99. The number of benzene rings is 1. The first kappa shape index (κ1) is 16.4. The van der Waals surface area contributed by atoms with E-state index in [9.17, 15) is 20.0 Å². The van der Waals surface area contributed by atoms with Crippen molar-refractivity contribution in [2.24, 2.45) is 11.7 Å². The Bertz CT molecular complexity index is 563. The number of non-ortho nitro benzene ring substituents is 1. The number of hydrogen-bond donors (Lipinski definition) is 2. The minimum Gasteiger partial charge on any atom is -0.387 e. The molecule has 2 rings (SSSR count). The highest BCUT2D eigenvalue weighted by atomic mass is 16.6. The molecule has 1 fully saturated rings. The molecule has 0 radical (unpaired) electrons. The van der Waals surface area contributed by atoms with Gasteiger partial charge in [0, 0.05) is 31.3 Å². The van der Waals surface area contributed by atoms with Crippen LogP contribution in [-0.4, -0.2) is 40.0 Å². The molecule has 7 heteroatoms. The lowest BCUT2D eigenvalue weighted by atomic mass is 9.92. The molecule has 3 atom stereocenters. The van der Waals surface area contributed by atoms with E-state index in [1.165, 1.54) is 12.1 Å². The number of carbonyl (C=O) groups is 1. The maximum atomic E-state index is 11.3. The van der Waals surface area contributed by atoms with Crippen molar-refractivity contribution in [1.82, 2.24) is 4.90 Å². The molecule has 0 aliphatic carbocycles. The van der Waals surface area contributed by atoms with Gasteiger partial charge in [0.05, 0.1) is 16.9 Å². The Morgan fingerprint density at radius 3 is 2.91 bits per heavy atom. The minimum absolute atomic E-state index is 0.0433. The number of nitro groups is 1. The van der Waals surface area contributed by atoms with Crippen molar-refractivity contribution in [3.05, 3.63) is 39.9 Å². The van der Waals surface area contributed by atoms with Gasteiger partial charge in [-0.15, -0.1) is 0 Å². The van der Waals surface area contributed by atoms with Gasteiger partial charge in [0.1, 0.15) is 0 Å². The van der Waals surface area contributed by atoms with Gasteiger partial charge in [0.25, 0.3) is 5.69 Å². The van der Waals surface area contributed by atoms with Crippen molar-refractivity contribution < 1.29 is 14.8 Å². The lowest BCUT2D eigenvalue weighted by molar-refractivity contribution is -0.385. The zero-order chi connectivity index (χ0) is 16.3. The van der Waals surface area contributed by atoms with E-state index >= 15 is 0 Å². The van der Waals surface area contributed by atoms with E-state index in [1.54, 1.807) is 12.1 Å². The van der Waals surface area contributed by atoms with E-state index in [2.05, 4.69) is 0 Å². The van der Waals surface area contributed by atoms with E-state index in [0.717, 1.165) is 12.8 Å². The zero-order valence-electron chi connectivity index (χ0n) is 12.5. The van der Waals surface area contributed by atoms with Crippen molar-refractivity contribution >= 4 is 11.6 Å². The number of primary amides is 1. The number of likely N-dealkylation sites (tertiary alicyclic amines) is 1. The van der Waals surface area contributed by atoms with Crippen LogP contribution in [0.3, 0.4) is 0 Å². The topological polar surface area (TPSA) is 110 Å². The summed E-state index contributed by atoms with van der Waals surface area (Å²) in [6.45, 7) is 2.88. The molecule has 0 saturated carbocycles. The molecule has 1 heterocycles. The number of nitrogens with zero attached hydrogens (tertiary/aromatic N) is 2. The molecule has 1 aliphatic heterocycles. The summed E-state index contributed by atoms with van der Waals surface area (Å²) in [6.07, 6.45) is 0.767. The van der Waals surface area contributed by atoms with Crippen LogP contribution < -0.4 is 5.73 Å². The molecule has 22 heavy (non-hydrogen) atoms. The van der Waals surface area contributed by atoms with Gasteiger partial charge >= 0.3 is 0 Å². The van der Waals surface area contributed by atoms with Crippen molar-refractivity contribution in [3.63, 3.8) is 0 Å². The summed E-state index contributed by atoms with van der Waals surface area (Å²) in [5, 5.41) is 21.1. The summed E-state index contributed by atoms with van der Waals surface area (Å²) >= 11 is 0. The number of aliphatic hydroxyl groups excluding tert-OH is 1. The number of amides is 1. The molecule has 7 nitrogen and oxygen atoms in total. The van der Waals surface area contributed by atoms with Gasteiger partial charge in [-0.3, -0.25) is 19.8 Å². The highest BCUT2D eigenvalue weighted by molar-refractivity contribution is 5.77. The number of β-amino-alcohol motifs (C(OH)–C–C–N with tert-alkyl or cyclic N) is 1. The van der Waals surface area contributed by atoms with Gasteiger partial charge in [-0.1, -0.05) is 12.1 Å². The number of carbonyl (C=O) groups excluding carboxylic acids is 1. The first-order chi connectivity index (χ1) is 10.4. The van der Waals surface area contributed by atoms with Crippen molar-refractivity contribution in [2.45, 2.75) is 31.9 Å². The molecular formula is C15H21N3O4. The highest BCUT2D eigenvalue weighted by Crippen LogP contribution is 2.26. The Morgan fingerprint density at radius 1 is 1.55 bits per heavy atom. The third kappa shape index (κ3) is 3.80. The second kappa shape index (κ2) is 6.85. The number of rotatable bonds is 5. The van der Waals surface area contributed by atoms with E-state index in [-0.39, 0.29) is 23.6 Å². The fourth-order valence-corrected chi connectivity index (χ4v) is 2.84. The van der Waals surface area contributed by atoms with Crippen LogP contribution in [0.25, 0.3) is 0 Å². The van der Waals surface area contributed by atoms with Gasteiger partial charge < -0.3 is 10.8 Å². The van der Waals surface area contributed by atoms with Crippen LogP contribution in [0.5, 0.6) is 0 Å². The van der Waals surface area contributed by atoms with Crippen LogP contribution in [0.2, 0.25) is 0 Å². The van der Waals surface area contributed by atoms with Gasteiger partial charge in [-0.25, -0.2) is 0 Å². The van der Waals surface area contributed by atoms with Crippen LogP contribution in [-0.2, 0) is 4.79 Å². The first-order valence-corrected chi connectivity index (χ1v) is 7.34. The van der Waals surface area contributed by atoms with Crippen molar-refractivity contribution in [3.8, 4) is 0 Å². The molecule has 0 aromatic heterocycles. The fraction of sp³-hybridized carbons (Fsp3) is 0.533. The maximum Gasteiger partial charge on any atom is 0.269 e. The van der Waals surface area contributed by atoms with E-state index in [4.69, 9.17) is 5.73 Å². The number of aliphatic hydroxyl groups is 1. The standard InChI is InChI=1S/C15H21N3O4/c1-10-5-6-12(15(16)20)8-17(10)9-14(19)11-3-2-4-13(7-11)18(21)22/h2-4,7,10,12,14,19H,5-6,8-9H2,1H3,(H2,16,20). The number of nitro benzene ring substituents is 1. The average Bonchev–Trinajstić information content (AvgIpc) is 2.49. The number of piperidine rings is 1. The largest absolute Gasteiger partial charge is 0.387 e. The molecule has 1 aromatic rings. The second-order valence-corrected chi connectivity index (χ2v) is 5.85. The van der Waals surface area contributed by atoms with E-state index in [1.807, 2.05) is 11.8 Å². The van der Waals surface area contributed by atoms with Gasteiger partial charge in [0.2, 0.25) is 5.91 Å². The Morgan fingerprint density at radius 2 is 2.27 bits per heavy atom. The second-order valence-electron chi connectivity index (χ2n) is 5.85. The Kier molecular flexibility index (Phi) is 5.10. The molecule has 1 aromatic carbocycles. The average molecular weight is 307 g/mol. The van der Waals surface area contributed by atoms with Crippen LogP contribution >= 0.6 is 0 Å². The van der Waals surface area contributed by atoms with Crippen LogP contribution in [0.15, 0.2) is 24.3 Å². The van der Waals surface area contributed by atoms with Crippen molar-refractivity contribution in [2.75, 3.05) is 13.1 Å². The van der Waals surface area contributed by atoms with E-state index in [0.29, 0.717) is 18.7 Å². The van der Waals surface area contributed by atoms with Crippen LogP contribution in [0.4, 0.5) is 5.69 Å². The maximum absolute atomic E-state index is 11.3. The van der Waals surface area contributed by atoms with Crippen molar-refractivity contribution in [1.29, 1.82) is 0 Å². The molecule has 3 N–H and O–H groups in total. The molecule has 0 bridgehead atoms. The van der Waals surface area contributed by atoms with Gasteiger partial charge in [-0.05, 0) is 25.3 Å². The molecule has 3 unspecified atom stereocenters. The highest BCUT2D eigenvalue weighted by Gasteiger charge is 2.30. The minimum atomic E-state index is -0.839. The molecular weight excluding hydrogens is 286 g/mol. The number of hydrogen-bond acceptors (Lipinski definition) is 5. The Labute approximate surface area is 128 Å². The fourth-order valence-electron chi connectivity index (χ4n) is 2.84. The quantitative estimate of drug-likeness (QED) is 0.627. The zero-order valence-corrected chi connectivity index (χ0v) is 12.5. The summed E-state index contributed by atoms with van der Waals surface area (Å²) in [7, 11) is 0. The first-order valence-electron chi connectivity index (χ1n) is 7.34. The molecule has 0 spiro atoms. The molecule has 1 aliphatic rings. The van der Waals surface area contributed by atoms with E-state index < -0.39 is 11.0 Å². The third-order valence-electron chi connectivity index (χ3n) is 4.29. The lowest BCUT2D eigenvalue weighted by Crippen LogP contribution is -2.47. The molecule has 1 amide bonds. The Balaban J connectivity index is 2.06. The molecule has 1 saturated heterocycles. The smallest absolute Gasteiger partial charge is 0.269 e. The summed E-state index contributed by atoms with van der Waals surface area (Å²) in [6, 6.07) is 6.23. The normalized spacial score (nSPS) is 23.9. The van der Waals surface area contributed by atoms with Crippen LogP contribution in [0.1, 0.15) is 31.4 Å². The number of nitrogens with two attached hydrogens (primary N) is 1. The predicted molar refractivity (Wildman–Crippen MR) is 81.0 cm³/mol.